The molecule has 0 unspecified atom stereocenters. The maximum absolute atomic E-state index is 12.6. The molecule has 0 saturated heterocycles. The fourth-order valence-electron chi connectivity index (χ4n) is 0.597. The average molecular weight is 377 g/mol. The molecule has 0 radical (unpaired) electrons. The molecule has 0 aromatic carbocycles. The molecule has 0 bridgehead atoms. The van der Waals surface area contributed by atoms with Crippen molar-refractivity contribution < 1.29 is 35.5 Å². The lowest BCUT2D eigenvalue weighted by Gasteiger charge is -2.27. The van der Waals surface area contributed by atoms with Crippen LogP contribution in [0.5, 0.6) is 0 Å². The Morgan fingerprint density at radius 1 is 1.12 bits per heavy atom. The Morgan fingerprint density at radius 2 is 1.59 bits per heavy atom. The van der Waals surface area contributed by atoms with Crippen LogP contribution in [0.3, 0.4) is 0 Å². The van der Waals surface area contributed by atoms with Crippen LogP contribution >= 0.6 is 22.6 Å². The molecular weight excluding hydrogens is 374 g/mol. The lowest BCUT2D eigenvalue weighted by Crippen LogP contribution is -2.56. The summed E-state index contributed by atoms with van der Waals surface area (Å²) in [7, 11) is 0. The van der Waals surface area contributed by atoms with Gasteiger partial charge in [0.2, 0.25) is 0 Å². The van der Waals surface area contributed by atoms with Gasteiger partial charge in [-0.25, -0.2) is 0 Å². The SMILES string of the molecule is O=C(C#CI)NCC(F)(F)C(F)(F)C(F)(F)F. The fraction of sp³-hybridized carbons (Fsp3) is 0.571. The maximum atomic E-state index is 12.6. The van der Waals surface area contributed by atoms with Crippen LogP contribution in [0.2, 0.25) is 0 Å². The number of carbonyl (C=O) groups excluding carboxylic acids is 1. The van der Waals surface area contributed by atoms with Crippen molar-refractivity contribution in [3.63, 3.8) is 0 Å². The van der Waals surface area contributed by atoms with Gasteiger partial charge in [-0.15, -0.1) is 0 Å². The monoisotopic (exact) mass is 377 g/mol. The van der Waals surface area contributed by atoms with Gasteiger partial charge in [0, 0.05) is 28.5 Å². The topological polar surface area (TPSA) is 29.1 Å². The van der Waals surface area contributed by atoms with E-state index in [0.29, 0.717) is 0 Å². The van der Waals surface area contributed by atoms with E-state index in [1.54, 1.807) is 5.92 Å². The number of alkyl halides is 7. The molecule has 0 atom stereocenters. The Labute approximate surface area is 104 Å². The van der Waals surface area contributed by atoms with Gasteiger partial charge in [-0.2, -0.15) is 30.7 Å². The van der Waals surface area contributed by atoms with Crippen molar-refractivity contribution in [3.05, 3.63) is 0 Å². The summed E-state index contributed by atoms with van der Waals surface area (Å²) in [5.41, 5.74) is 0. The summed E-state index contributed by atoms with van der Waals surface area (Å²) in [6.07, 6.45) is -6.41. The molecule has 0 rings (SSSR count). The number of hydrogen-bond acceptors (Lipinski definition) is 1. The van der Waals surface area contributed by atoms with Crippen LogP contribution in [-0.4, -0.2) is 30.5 Å². The predicted molar refractivity (Wildman–Crippen MR) is 50.8 cm³/mol. The molecular formula is C7H3F7INO. The van der Waals surface area contributed by atoms with Crippen LogP contribution in [0.1, 0.15) is 0 Å². The van der Waals surface area contributed by atoms with E-state index >= 15 is 0 Å². The first-order valence-corrected chi connectivity index (χ1v) is 4.75. The average Bonchev–Trinajstić information content (AvgIpc) is 2.13. The highest BCUT2D eigenvalue weighted by Gasteiger charge is 2.72. The smallest absolute Gasteiger partial charge is 0.339 e. The molecule has 1 N–H and O–H groups in total. The Hall–Kier alpha value is -0.730. The minimum absolute atomic E-state index is 1.15. The summed E-state index contributed by atoms with van der Waals surface area (Å²) < 4.78 is 86.5. The molecule has 0 spiro atoms. The largest absolute Gasteiger partial charge is 0.459 e. The van der Waals surface area contributed by atoms with E-state index < -0.39 is 30.5 Å². The van der Waals surface area contributed by atoms with Crippen molar-refractivity contribution in [2.75, 3.05) is 6.54 Å². The van der Waals surface area contributed by atoms with Crippen LogP contribution in [-0.2, 0) is 4.79 Å². The minimum Gasteiger partial charge on any atom is -0.339 e. The molecule has 98 valence electrons. The van der Waals surface area contributed by atoms with Gasteiger partial charge < -0.3 is 5.32 Å². The fourth-order valence-corrected chi connectivity index (χ4v) is 0.842. The molecule has 0 heterocycles. The number of rotatable bonds is 3. The van der Waals surface area contributed by atoms with Crippen molar-refractivity contribution in [2.24, 2.45) is 0 Å². The zero-order chi connectivity index (χ0) is 13.9. The van der Waals surface area contributed by atoms with Crippen molar-refractivity contribution in [2.45, 2.75) is 18.0 Å². The van der Waals surface area contributed by atoms with Gasteiger partial charge in [0.05, 0.1) is 6.54 Å². The van der Waals surface area contributed by atoms with E-state index in [-0.39, 0.29) is 0 Å². The summed E-state index contributed by atoms with van der Waals surface area (Å²) in [5, 5.41) is 1.15. The van der Waals surface area contributed by atoms with E-state index in [2.05, 4.69) is 0 Å². The van der Waals surface area contributed by atoms with Crippen molar-refractivity contribution in [3.8, 4) is 9.85 Å². The Morgan fingerprint density at radius 3 is 1.94 bits per heavy atom. The summed E-state index contributed by atoms with van der Waals surface area (Å²) in [5.74, 6) is -11.4. The molecule has 2 nitrogen and oxygen atoms in total. The van der Waals surface area contributed by atoms with Crippen LogP contribution in [0, 0.1) is 9.85 Å². The third-order valence-corrected chi connectivity index (χ3v) is 1.72. The normalized spacial score (nSPS) is 12.7. The number of hydrogen-bond donors (Lipinski definition) is 1. The highest BCUT2D eigenvalue weighted by molar-refractivity contribution is 14.1. The van der Waals surface area contributed by atoms with Gasteiger partial charge in [0.15, 0.2) is 0 Å². The second-order valence-electron chi connectivity index (χ2n) is 2.68. The van der Waals surface area contributed by atoms with Crippen molar-refractivity contribution in [1.82, 2.24) is 5.32 Å². The minimum atomic E-state index is -6.41. The molecule has 17 heavy (non-hydrogen) atoms. The third kappa shape index (κ3) is 3.90. The Bertz CT molecular complexity index is 353. The van der Waals surface area contributed by atoms with Crippen LogP contribution in [0.15, 0.2) is 0 Å². The van der Waals surface area contributed by atoms with E-state index in [9.17, 15) is 35.5 Å². The Kier molecular flexibility index (Phi) is 5.05. The molecule has 0 aliphatic heterocycles. The predicted octanol–water partition coefficient (Wildman–Crippen LogP) is 2.33. The second kappa shape index (κ2) is 5.28. The van der Waals surface area contributed by atoms with Crippen LogP contribution < -0.4 is 5.32 Å². The van der Waals surface area contributed by atoms with Gasteiger partial charge in [-0.1, -0.05) is 0 Å². The molecule has 0 fully saturated rings. The third-order valence-electron chi connectivity index (χ3n) is 1.45. The first-order chi connectivity index (χ1) is 7.45. The zero-order valence-corrected chi connectivity index (χ0v) is 9.80. The molecule has 0 aliphatic rings. The number of amides is 1. The molecule has 0 saturated carbocycles. The summed E-state index contributed by atoms with van der Waals surface area (Å²) in [6, 6.07) is 0. The lowest BCUT2D eigenvalue weighted by atomic mass is 10.1. The number of halogens is 8. The quantitative estimate of drug-likeness (QED) is 0.457. The van der Waals surface area contributed by atoms with Gasteiger partial charge in [-0.3, -0.25) is 4.79 Å². The van der Waals surface area contributed by atoms with E-state index in [1.165, 1.54) is 22.6 Å². The summed E-state index contributed by atoms with van der Waals surface area (Å²) in [4.78, 5) is 10.5. The van der Waals surface area contributed by atoms with Crippen molar-refractivity contribution >= 4 is 28.5 Å². The highest BCUT2D eigenvalue weighted by atomic mass is 127. The van der Waals surface area contributed by atoms with E-state index in [1.807, 2.05) is 3.93 Å². The molecule has 1 amide bonds. The molecule has 10 heteroatoms. The molecule has 0 aromatic heterocycles. The van der Waals surface area contributed by atoms with Gasteiger partial charge in [0.25, 0.3) is 5.91 Å². The Balaban J connectivity index is 4.78. The maximum Gasteiger partial charge on any atom is 0.459 e. The summed E-state index contributed by atoms with van der Waals surface area (Å²) in [6.45, 7) is -2.16. The molecule has 0 aromatic rings. The van der Waals surface area contributed by atoms with Gasteiger partial charge in [-0.05, 0) is 3.93 Å². The second-order valence-corrected chi connectivity index (χ2v) is 3.22. The van der Waals surface area contributed by atoms with Crippen molar-refractivity contribution in [1.29, 1.82) is 0 Å². The zero-order valence-electron chi connectivity index (χ0n) is 7.64. The standard InChI is InChI=1S/C7H3F7INO/c8-5(9,3-16-4(17)1-2-15)6(10,11)7(12,13)14/h3H2,(H,16,17). The number of carbonyl (C=O) groups is 1. The van der Waals surface area contributed by atoms with Gasteiger partial charge in [0.1, 0.15) is 0 Å². The summed E-state index contributed by atoms with van der Waals surface area (Å²) >= 11 is 1.35. The lowest BCUT2D eigenvalue weighted by molar-refractivity contribution is -0.352. The van der Waals surface area contributed by atoms with Crippen LogP contribution in [0.4, 0.5) is 30.7 Å². The van der Waals surface area contributed by atoms with Gasteiger partial charge >= 0.3 is 18.0 Å². The van der Waals surface area contributed by atoms with E-state index in [0.717, 1.165) is 5.32 Å². The number of nitrogens with one attached hydrogen (secondary N) is 1. The highest BCUT2D eigenvalue weighted by Crippen LogP contribution is 2.45. The first-order valence-electron chi connectivity index (χ1n) is 3.67. The molecule has 0 aliphatic carbocycles. The van der Waals surface area contributed by atoms with E-state index in [4.69, 9.17) is 0 Å². The van der Waals surface area contributed by atoms with Crippen LogP contribution in [0.25, 0.3) is 0 Å². The first kappa shape index (κ1) is 16.3.